The van der Waals surface area contributed by atoms with Gasteiger partial charge in [0.25, 0.3) is 0 Å². The van der Waals surface area contributed by atoms with Gasteiger partial charge in [-0.3, -0.25) is 9.69 Å². The van der Waals surface area contributed by atoms with Crippen LogP contribution in [0.25, 0.3) is 0 Å². The van der Waals surface area contributed by atoms with Crippen LogP contribution in [0.3, 0.4) is 0 Å². The Hall–Kier alpha value is -0.650. The summed E-state index contributed by atoms with van der Waals surface area (Å²) in [5.41, 5.74) is -0.861. The van der Waals surface area contributed by atoms with E-state index >= 15 is 0 Å². The van der Waals surface area contributed by atoms with Crippen LogP contribution in [0.2, 0.25) is 0 Å². The molecule has 0 aromatic carbocycles. The molecule has 0 amide bonds. The number of nitrogens with one attached hydrogen (secondary N) is 1. The summed E-state index contributed by atoms with van der Waals surface area (Å²) in [5, 5.41) is 12.7. The Morgan fingerprint density at radius 3 is 2.45 bits per heavy atom. The number of ether oxygens (including phenoxy) is 1. The van der Waals surface area contributed by atoms with Crippen LogP contribution in [0.15, 0.2) is 0 Å². The number of carboxylic acids is 1. The van der Waals surface area contributed by atoms with Gasteiger partial charge in [0.15, 0.2) is 0 Å². The van der Waals surface area contributed by atoms with E-state index in [1.165, 1.54) is 0 Å². The van der Waals surface area contributed by atoms with E-state index in [1.807, 2.05) is 6.92 Å². The molecule has 0 saturated carbocycles. The van der Waals surface area contributed by atoms with Crippen molar-refractivity contribution < 1.29 is 14.6 Å². The largest absolute Gasteiger partial charge is 0.480 e. The molecule has 20 heavy (non-hydrogen) atoms. The fraction of sp³-hybridized carbons (Fsp3) is 0.933. The number of hydrogen-bond donors (Lipinski definition) is 2. The standard InChI is InChI=1S/C15H30N2O3/c1-6-7-16-15(5,14(18)19)8-11(2)17-9-12(3)20-13(4)10-17/h11-13,16H,6-10H2,1-5H3,(H,18,19). The molecule has 1 fully saturated rings. The molecule has 4 unspecified atom stereocenters. The molecule has 0 bridgehead atoms. The van der Waals surface area contributed by atoms with Crippen molar-refractivity contribution in [3.8, 4) is 0 Å². The zero-order valence-corrected chi connectivity index (χ0v) is 13.5. The van der Waals surface area contributed by atoms with Crippen LogP contribution in [0, 0.1) is 0 Å². The molecule has 0 aromatic rings. The first kappa shape index (κ1) is 17.4. The molecule has 118 valence electrons. The number of hydrogen-bond acceptors (Lipinski definition) is 4. The maximum Gasteiger partial charge on any atom is 0.323 e. The highest BCUT2D eigenvalue weighted by Gasteiger charge is 2.36. The van der Waals surface area contributed by atoms with Gasteiger partial charge in [-0.25, -0.2) is 0 Å². The van der Waals surface area contributed by atoms with Crippen molar-refractivity contribution in [1.29, 1.82) is 0 Å². The lowest BCUT2D eigenvalue weighted by Crippen LogP contribution is -2.56. The van der Waals surface area contributed by atoms with Gasteiger partial charge in [0, 0.05) is 19.1 Å². The Morgan fingerprint density at radius 1 is 1.45 bits per heavy atom. The predicted octanol–water partition coefficient (Wildman–Crippen LogP) is 1.72. The molecule has 1 aliphatic rings. The topological polar surface area (TPSA) is 61.8 Å². The van der Waals surface area contributed by atoms with Crippen molar-refractivity contribution in [3.63, 3.8) is 0 Å². The molecule has 5 heteroatoms. The van der Waals surface area contributed by atoms with E-state index in [9.17, 15) is 9.90 Å². The third kappa shape index (κ3) is 4.72. The average Bonchev–Trinajstić information content (AvgIpc) is 2.35. The summed E-state index contributed by atoms with van der Waals surface area (Å²) in [6.07, 6.45) is 1.95. The van der Waals surface area contributed by atoms with Crippen molar-refractivity contribution in [2.75, 3.05) is 19.6 Å². The molecule has 5 nitrogen and oxygen atoms in total. The Kier molecular flexibility index (Phi) is 6.43. The molecule has 0 radical (unpaired) electrons. The second-order valence-corrected chi connectivity index (χ2v) is 6.33. The van der Waals surface area contributed by atoms with Crippen molar-refractivity contribution >= 4 is 5.97 Å². The van der Waals surface area contributed by atoms with Gasteiger partial charge in [-0.15, -0.1) is 0 Å². The van der Waals surface area contributed by atoms with Crippen molar-refractivity contribution in [1.82, 2.24) is 10.2 Å². The van der Waals surface area contributed by atoms with Crippen LogP contribution in [-0.4, -0.2) is 59.4 Å². The maximum absolute atomic E-state index is 11.6. The number of morpholine rings is 1. The second kappa shape index (κ2) is 7.38. The van der Waals surface area contributed by atoms with E-state index in [4.69, 9.17) is 4.74 Å². The Balaban J connectivity index is 2.65. The lowest BCUT2D eigenvalue weighted by atomic mass is 9.92. The molecule has 1 saturated heterocycles. The van der Waals surface area contributed by atoms with Crippen molar-refractivity contribution in [2.24, 2.45) is 0 Å². The number of rotatable bonds is 7. The van der Waals surface area contributed by atoms with E-state index in [0.717, 1.165) is 26.1 Å². The van der Waals surface area contributed by atoms with Gasteiger partial charge in [-0.05, 0) is 47.1 Å². The molecule has 1 heterocycles. The highest BCUT2D eigenvalue weighted by molar-refractivity contribution is 5.78. The normalized spacial score (nSPS) is 28.9. The fourth-order valence-corrected chi connectivity index (χ4v) is 2.93. The van der Waals surface area contributed by atoms with Crippen LogP contribution in [0.1, 0.15) is 47.5 Å². The SMILES string of the molecule is CCCNC(C)(CC(C)N1CC(C)OC(C)C1)C(=O)O. The van der Waals surface area contributed by atoms with E-state index in [-0.39, 0.29) is 18.2 Å². The number of nitrogens with zero attached hydrogens (tertiary/aromatic N) is 1. The minimum absolute atomic E-state index is 0.209. The summed E-state index contributed by atoms with van der Waals surface area (Å²) in [7, 11) is 0. The van der Waals surface area contributed by atoms with E-state index in [2.05, 4.69) is 31.0 Å². The van der Waals surface area contributed by atoms with Gasteiger partial charge in [0.05, 0.1) is 12.2 Å². The summed E-state index contributed by atoms with van der Waals surface area (Å²) < 4.78 is 5.74. The first-order valence-electron chi connectivity index (χ1n) is 7.66. The third-order valence-corrected chi connectivity index (χ3v) is 4.01. The Morgan fingerprint density at radius 2 is 2.00 bits per heavy atom. The first-order valence-corrected chi connectivity index (χ1v) is 7.66. The number of aliphatic carboxylic acids is 1. The van der Waals surface area contributed by atoms with E-state index in [1.54, 1.807) is 6.92 Å². The molecule has 4 atom stereocenters. The van der Waals surface area contributed by atoms with Gasteiger partial charge < -0.3 is 15.2 Å². The second-order valence-electron chi connectivity index (χ2n) is 6.33. The predicted molar refractivity (Wildman–Crippen MR) is 80.0 cm³/mol. The van der Waals surface area contributed by atoms with Crippen LogP contribution >= 0.6 is 0 Å². The minimum atomic E-state index is -0.861. The zero-order valence-electron chi connectivity index (χ0n) is 13.5. The molecule has 2 N–H and O–H groups in total. The lowest BCUT2D eigenvalue weighted by Gasteiger charge is -2.41. The Labute approximate surface area is 122 Å². The molecule has 1 aliphatic heterocycles. The summed E-state index contributed by atoms with van der Waals surface area (Å²) in [6, 6.07) is 0.217. The van der Waals surface area contributed by atoms with Crippen LogP contribution in [-0.2, 0) is 9.53 Å². The quantitative estimate of drug-likeness (QED) is 0.746. The monoisotopic (exact) mass is 286 g/mol. The average molecular weight is 286 g/mol. The van der Waals surface area contributed by atoms with Gasteiger partial charge in [-0.1, -0.05) is 6.92 Å². The molecular weight excluding hydrogens is 256 g/mol. The van der Waals surface area contributed by atoms with Crippen molar-refractivity contribution in [3.05, 3.63) is 0 Å². The van der Waals surface area contributed by atoms with Gasteiger partial charge >= 0.3 is 5.97 Å². The number of carboxylic acid groups (broad SMARTS) is 1. The highest BCUT2D eigenvalue weighted by Crippen LogP contribution is 2.21. The third-order valence-electron chi connectivity index (χ3n) is 4.01. The van der Waals surface area contributed by atoms with E-state index in [0.29, 0.717) is 6.42 Å². The van der Waals surface area contributed by atoms with Crippen molar-refractivity contribution in [2.45, 2.75) is 71.2 Å². The smallest absolute Gasteiger partial charge is 0.323 e. The minimum Gasteiger partial charge on any atom is -0.480 e. The molecule has 0 aliphatic carbocycles. The maximum atomic E-state index is 11.6. The summed E-state index contributed by atoms with van der Waals surface area (Å²) >= 11 is 0. The summed E-state index contributed by atoms with van der Waals surface area (Å²) in [6.45, 7) is 12.6. The van der Waals surface area contributed by atoms with Gasteiger partial charge in [0.1, 0.15) is 5.54 Å². The first-order chi connectivity index (χ1) is 9.28. The zero-order chi connectivity index (χ0) is 15.3. The summed E-state index contributed by atoms with van der Waals surface area (Å²) in [4.78, 5) is 13.9. The van der Waals surface area contributed by atoms with Gasteiger partial charge in [0.2, 0.25) is 0 Å². The highest BCUT2D eigenvalue weighted by atomic mass is 16.5. The summed E-state index contributed by atoms with van der Waals surface area (Å²) in [5.74, 6) is -0.771. The number of carbonyl (C=O) groups is 1. The van der Waals surface area contributed by atoms with Gasteiger partial charge in [-0.2, -0.15) is 0 Å². The molecule has 0 aromatic heterocycles. The van der Waals surface area contributed by atoms with Crippen LogP contribution < -0.4 is 5.32 Å². The molecule has 0 spiro atoms. The molecular formula is C15H30N2O3. The van der Waals surface area contributed by atoms with E-state index < -0.39 is 11.5 Å². The lowest BCUT2D eigenvalue weighted by molar-refractivity contribution is -0.145. The Bertz CT molecular complexity index is 314. The molecule has 1 rings (SSSR count). The van der Waals surface area contributed by atoms with Crippen LogP contribution in [0.5, 0.6) is 0 Å². The van der Waals surface area contributed by atoms with Crippen LogP contribution in [0.4, 0.5) is 0 Å². The fourth-order valence-electron chi connectivity index (χ4n) is 2.93.